The lowest BCUT2D eigenvalue weighted by molar-refractivity contribution is -0.150. The van der Waals surface area contributed by atoms with Crippen LogP contribution in [0.4, 0.5) is 0 Å². The van der Waals surface area contributed by atoms with Crippen molar-refractivity contribution in [2.75, 3.05) is 0 Å². The minimum atomic E-state index is -3.66. The maximum Gasteiger partial charge on any atom is 0.245 e. The Hall–Kier alpha value is -2.42. The van der Waals surface area contributed by atoms with Gasteiger partial charge in [0.15, 0.2) is 9.84 Å². The van der Waals surface area contributed by atoms with Gasteiger partial charge >= 0.3 is 0 Å². The average Bonchev–Trinajstić information content (AvgIpc) is 2.76. The molecule has 2 N–H and O–H groups in total. The molecule has 9 heteroatoms. The van der Waals surface area contributed by atoms with Gasteiger partial charge in [-0.2, -0.15) is 0 Å². The molecule has 3 amide bonds. The molecule has 4 unspecified atom stereocenters. The van der Waals surface area contributed by atoms with Gasteiger partial charge in [-0.1, -0.05) is 30.3 Å². The number of sulfone groups is 1. The first kappa shape index (κ1) is 21.3. The summed E-state index contributed by atoms with van der Waals surface area (Å²) in [6, 6.07) is 7.55. The number of amides is 3. The minimum absolute atomic E-state index is 0.0947. The fourth-order valence-electron chi connectivity index (χ4n) is 4.00. The summed E-state index contributed by atoms with van der Waals surface area (Å²) in [5, 5.41) is 4.48. The largest absolute Gasteiger partial charge is 0.352 e. The van der Waals surface area contributed by atoms with E-state index in [-0.39, 0.29) is 24.3 Å². The van der Waals surface area contributed by atoms with E-state index in [0.29, 0.717) is 6.42 Å². The second kappa shape index (κ2) is 7.44. The number of carbonyl (C=O) groups is 3. The maximum atomic E-state index is 12.8. The highest BCUT2D eigenvalue weighted by Crippen LogP contribution is 2.45. The van der Waals surface area contributed by atoms with Crippen molar-refractivity contribution < 1.29 is 22.8 Å². The molecule has 158 valence electrons. The summed E-state index contributed by atoms with van der Waals surface area (Å²) in [6.07, 6.45) is 0.549. The number of rotatable bonds is 6. The second-order valence-corrected chi connectivity index (χ2v) is 11.0. The number of β-lactam (4-membered cyclic amide) rings is 1. The van der Waals surface area contributed by atoms with E-state index in [1.165, 1.54) is 20.8 Å². The van der Waals surface area contributed by atoms with Crippen molar-refractivity contribution in [3.8, 4) is 0 Å². The third kappa shape index (κ3) is 3.63. The molecule has 0 saturated carbocycles. The number of benzene rings is 1. The molecule has 2 heterocycles. The van der Waals surface area contributed by atoms with Crippen molar-refractivity contribution in [3.05, 3.63) is 35.9 Å². The van der Waals surface area contributed by atoms with Crippen LogP contribution in [0.2, 0.25) is 0 Å². The average molecular weight is 422 g/mol. The number of carbonyl (C=O) groups excluding carboxylic acids is 3. The van der Waals surface area contributed by atoms with Crippen molar-refractivity contribution in [1.29, 1.82) is 0 Å². The molecule has 0 aliphatic carbocycles. The van der Waals surface area contributed by atoms with Crippen molar-refractivity contribution in [3.63, 3.8) is 0 Å². The Balaban J connectivity index is 1.62. The van der Waals surface area contributed by atoms with E-state index in [2.05, 4.69) is 10.6 Å². The lowest BCUT2D eigenvalue weighted by atomic mass is 9.97. The molecule has 0 spiro atoms. The van der Waals surface area contributed by atoms with E-state index in [0.717, 1.165) is 10.5 Å². The summed E-state index contributed by atoms with van der Waals surface area (Å²) in [6.45, 7) is 6.31. The summed E-state index contributed by atoms with van der Waals surface area (Å²) in [5.41, 5.74) is 1.08. The molecular weight excluding hydrogens is 394 g/mol. The Morgan fingerprint density at radius 2 is 1.79 bits per heavy atom. The fraction of sp³-hybridized carbons (Fsp3) is 0.550. The Morgan fingerprint density at radius 3 is 2.38 bits per heavy atom. The zero-order valence-corrected chi connectivity index (χ0v) is 17.8. The van der Waals surface area contributed by atoms with Gasteiger partial charge in [-0.05, 0) is 39.7 Å². The lowest BCUT2D eigenvalue weighted by Crippen LogP contribution is -2.61. The SMILES string of the molecule is CC(Cc1ccccc1)NC(=O)C(C)NC(=O)C1N2C(=O)CC2S(=O)(=O)C1(C)C. The van der Waals surface area contributed by atoms with Crippen LogP contribution >= 0.6 is 0 Å². The molecule has 0 bridgehead atoms. The van der Waals surface area contributed by atoms with Gasteiger partial charge in [0, 0.05) is 6.04 Å². The highest BCUT2D eigenvalue weighted by molar-refractivity contribution is 7.93. The summed E-state index contributed by atoms with van der Waals surface area (Å²) in [4.78, 5) is 38.4. The van der Waals surface area contributed by atoms with Crippen molar-refractivity contribution in [1.82, 2.24) is 15.5 Å². The Morgan fingerprint density at radius 1 is 1.17 bits per heavy atom. The molecule has 0 aromatic heterocycles. The number of nitrogens with zero attached hydrogens (tertiary/aromatic N) is 1. The highest BCUT2D eigenvalue weighted by Gasteiger charge is 2.67. The molecule has 3 rings (SSSR count). The fourth-order valence-corrected chi connectivity index (χ4v) is 6.13. The third-order valence-corrected chi connectivity index (χ3v) is 8.55. The van der Waals surface area contributed by atoms with Crippen LogP contribution in [0.25, 0.3) is 0 Å². The molecule has 8 nitrogen and oxygen atoms in total. The van der Waals surface area contributed by atoms with Crippen molar-refractivity contribution in [2.24, 2.45) is 0 Å². The number of nitrogens with one attached hydrogen (secondary N) is 2. The van der Waals surface area contributed by atoms with Gasteiger partial charge in [0.2, 0.25) is 17.7 Å². The molecule has 4 atom stereocenters. The van der Waals surface area contributed by atoms with Gasteiger partial charge in [0.25, 0.3) is 0 Å². The summed E-state index contributed by atoms with van der Waals surface area (Å²) < 4.78 is 23.8. The Labute approximate surface area is 170 Å². The molecule has 2 saturated heterocycles. The van der Waals surface area contributed by atoms with Crippen LogP contribution in [0, 0.1) is 0 Å². The quantitative estimate of drug-likeness (QED) is 0.645. The number of fused-ring (bicyclic) bond motifs is 1. The normalized spacial score (nSPS) is 26.1. The molecule has 29 heavy (non-hydrogen) atoms. The first-order valence-electron chi connectivity index (χ1n) is 9.66. The first-order valence-corrected chi connectivity index (χ1v) is 11.2. The molecule has 1 aromatic carbocycles. The van der Waals surface area contributed by atoms with Crippen molar-refractivity contribution >= 4 is 27.6 Å². The highest BCUT2D eigenvalue weighted by atomic mass is 32.2. The van der Waals surface area contributed by atoms with Crippen LogP contribution in [0.3, 0.4) is 0 Å². The van der Waals surface area contributed by atoms with Crippen LogP contribution in [0.15, 0.2) is 30.3 Å². The topological polar surface area (TPSA) is 113 Å². The standard InChI is InChI=1S/C20H27N3O5S/c1-12(10-14-8-6-5-7-9-14)21-18(25)13(2)22-19(26)17-20(3,4)29(27,28)16-11-15(24)23(16)17/h5-9,12-13,16-17H,10-11H2,1-4H3,(H,21,25)(H,22,26). The summed E-state index contributed by atoms with van der Waals surface area (Å²) in [5.74, 6) is -1.36. The van der Waals surface area contributed by atoms with Gasteiger partial charge in [0.1, 0.15) is 17.5 Å². The molecule has 2 fully saturated rings. The molecule has 0 radical (unpaired) electrons. The van der Waals surface area contributed by atoms with Crippen LogP contribution in [-0.2, 0) is 30.6 Å². The van der Waals surface area contributed by atoms with E-state index < -0.39 is 37.9 Å². The van der Waals surface area contributed by atoms with E-state index in [1.54, 1.807) is 0 Å². The molecule has 2 aliphatic rings. The van der Waals surface area contributed by atoms with Crippen LogP contribution in [0.5, 0.6) is 0 Å². The van der Waals surface area contributed by atoms with Gasteiger partial charge in [-0.3, -0.25) is 14.4 Å². The molecular formula is C20H27N3O5S. The smallest absolute Gasteiger partial charge is 0.245 e. The number of hydrogen-bond acceptors (Lipinski definition) is 5. The lowest BCUT2D eigenvalue weighted by Gasteiger charge is -2.37. The monoisotopic (exact) mass is 421 g/mol. The summed E-state index contributed by atoms with van der Waals surface area (Å²) >= 11 is 0. The van der Waals surface area contributed by atoms with Crippen LogP contribution < -0.4 is 10.6 Å². The maximum absolute atomic E-state index is 12.8. The van der Waals surface area contributed by atoms with Crippen LogP contribution in [-0.4, -0.2) is 59.3 Å². The van der Waals surface area contributed by atoms with Gasteiger partial charge in [-0.15, -0.1) is 0 Å². The predicted molar refractivity (Wildman–Crippen MR) is 107 cm³/mol. The van der Waals surface area contributed by atoms with E-state index in [4.69, 9.17) is 0 Å². The minimum Gasteiger partial charge on any atom is -0.352 e. The Bertz CT molecular complexity index is 929. The van der Waals surface area contributed by atoms with Crippen LogP contribution in [0.1, 0.15) is 39.7 Å². The predicted octanol–water partition coefficient (Wildman–Crippen LogP) is 0.373. The molecule has 1 aromatic rings. The third-order valence-electron chi connectivity index (χ3n) is 5.75. The van der Waals surface area contributed by atoms with E-state index in [9.17, 15) is 22.8 Å². The zero-order chi connectivity index (χ0) is 21.6. The van der Waals surface area contributed by atoms with Gasteiger partial charge < -0.3 is 15.5 Å². The Kier molecular flexibility index (Phi) is 5.46. The van der Waals surface area contributed by atoms with Crippen molar-refractivity contribution in [2.45, 2.75) is 68.8 Å². The van der Waals surface area contributed by atoms with E-state index in [1.807, 2.05) is 37.3 Å². The second-order valence-electron chi connectivity index (χ2n) is 8.34. The number of hydrogen-bond donors (Lipinski definition) is 2. The zero-order valence-electron chi connectivity index (χ0n) is 17.0. The van der Waals surface area contributed by atoms with Gasteiger partial charge in [-0.25, -0.2) is 8.42 Å². The summed E-state index contributed by atoms with van der Waals surface area (Å²) in [7, 11) is -3.66. The van der Waals surface area contributed by atoms with E-state index >= 15 is 0 Å². The first-order chi connectivity index (χ1) is 13.5. The van der Waals surface area contributed by atoms with Gasteiger partial charge in [0.05, 0.1) is 11.2 Å². The molecule has 2 aliphatic heterocycles.